The predicted octanol–water partition coefficient (Wildman–Crippen LogP) is 2.06. The summed E-state index contributed by atoms with van der Waals surface area (Å²) in [5.74, 6) is -0.229. The van der Waals surface area contributed by atoms with Crippen molar-refractivity contribution >= 4 is 17.5 Å². The van der Waals surface area contributed by atoms with Gasteiger partial charge in [-0.1, -0.05) is 23.7 Å². The summed E-state index contributed by atoms with van der Waals surface area (Å²) in [4.78, 5) is 19.3. The molecule has 1 N–H and O–H groups in total. The Bertz CT molecular complexity index is 516. The van der Waals surface area contributed by atoms with Crippen molar-refractivity contribution in [2.75, 3.05) is 0 Å². The molecule has 0 radical (unpaired) electrons. The molecule has 4 nitrogen and oxygen atoms in total. The molecule has 1 aromatic heterocycles. The number of benzene rings is 1. The summed E-state index contributed by atoms with van der Waals surface area (Å²) in [6, 6.07) is 8.90. The van der Waals surface area contributed by atoms with E-state index in [2.05, 4.69) is 15.3 Å². The van der Waals surface area contributed by atoms with Crippen LogP contribution in [0, 0.1) is 0 Å². The van der Waals surface area contributed by atoms with Gasteiger partial charge in [0, 0.05) is 17.8 Å². The minimum absolute atomic E-state index is 0.229. The van der Waals surface area contributed by atoms with Crippen LogP contribution in [0.15, 0.2) is 42.9 Å². The molecule has 86 valence electrons. The lowest BCUT2D eigenvalue weighted by atomic mass is 10.2. The van der Waals surface area contributed by atoms with Crippen LogP contribution in [0.3, 0.4) is 0 Å². The van der Waals surface area contributed by atoms with Gasteiger partial charge in [-0.15, -0.1) is 0 Å². The fourth-order valence-electron chi connectivity index (χ4n) is 1.34. The van der Waals surface area contributed by atoms with Gasteiger partial charge in [-0.25, -0.2) is 9.97 Å². The van der Waals surface area contributed by atoms with Gasteiger partial charge in [0.2, 0.25) is 0 Å². The standard InChI is InChI=1S/C12H10ClN3O/c13-10-3-1-2-9(6-10)7-15-12(17)11-4-5-14-8-16-11/h1-6,8H,7H2,(H,15,17). The molecule has 2 rings (SSSR count). The Hall–Kier alpha value is -1.94. The molecule has 0 aliphatic rings. The lowest BCUT2D eigenvalue weighted by molar-refractivity contribution is 0.0945. The molecule has 0 saturated heterocycles. The average Bonchev–Trinajstić information content (AvgIpc) is 2.37. The summed E-state index contributed by atoms with van der Waals surface area (Å²) < 4.78 is 0. The highest BCUT2D eigenvalue weighted by Crippen LogP contribution is 2.10. The summed E-state index contributed by atoms with van der Waals surface area (Å²) in [5.41, 5.74) is 1.29. The van der Waals surface area contributed by atoms with Crippen LogP contribution in [0.5, 0.6) is 0 Å². The largest absolute Gasteiger partial charge is 0.347 e. The van der Waals surface area contributed by atoms with E-state index in [0.29, 0.717) is 17.3 Å². The second kappa shape index (κ2) is 5.41. The Morgan fingerprint density at radius 3 is 2.94 bits per heavy atom. The Kier molecular flexibility index (Phi) is 3.67. The van der Waals surface area contributed by atoms with E-state index < -0.39 is 0 Å². The van der Waals surface area contributed by atoms with Crippen LogP contribution in [0.1, 0.15) is 16.1 Å². The predicted molar refractivity (Wildman–Crippen MR) is 64.7 cm³/mol. The molecule has 17 heavy (non-hydrogen) atoms. The Morgan fingerprint density at radius 1 is 1.35 bits per heavy atom. The molecule has 0 spiro atoms. The number of nitrogens with zero attached hydrogens (tertiary/aromatic N) is 2. The maximum atomic E-state index is 11.7. The first-order valence-electron chi connectivity index (χ1n) is 5.04. The molecular formula is C12H10ClN3O. The summed E-state index contributed by atoms with van der Waals surface area (Å²) in [7, 11) is 0. The smallest absolute Gasteiger partial charge is 0.270 e. The highest BCUT2D eigenvalue weighted by Gasteiger charge is 2.05. The van der Waals surface area contributed by atoms with E-state index in [1.807, 2.05) is 18.2 Å². The Morgan fingerprint density at radius 2 is 2.24 bits per heavy atom. The van der Waals surface area contributed by atoms with E-state index in [-0.39, 0.29) is 5.91 Å². The minimum atomic E-state index is -0.229. The van der Waals surface area contributed by atoms with Gasteiger partial charge in [0.25, 0.3) is 5.91 Å². The number of hydrogen-bond donors (Lipinski definition) is 1. The van der Waals surface area contributed by atoms with Crippen LogP contribution < -0.4 is 5.32 Å². The van der Waals surface area contributed by atoms with Crippen LogP contribution in [0.25, 0.3) is 0 Å². The zero-order chi connectivity index (χ0) is 12.1. The first kappa shape index (κ1) is 11.5. The molecule has 0 unspecified atom stereocenters. The second-order valence-corrected chi connectivity index (χ2v) is 3.84. The third-order valence-corrected chi connectivity index (χ3v) is 2.39. The number of hydrogen-bond acceptors (Lipinski definition) is 3. The van der Waals surface area contributed by atoms with Crippen molar-refractivity contribution < 1.29 is 4.79 Å². The quantitative estimate of drug-likeness (QED) is 0.903. The van der Waals surface area contributed by atoms with Gasteiger partial charge in [0.05, 0.1) is 0 Å². The van der Waals surface area contributed by atoms with Crippen molar-refractivity contribution in [3.8, 4) is 0 Å². The fourth-order valence-corrected chi connectivity index (χ4v) is 1.56. The third-order valence-electron chi connectivity index (χ3n) is 2.16. The van der Waals surface area contributed by atoms with E-state index >= 15 is 0 Å². The maximum absolute atomic E-state index is 11.7. The van der Waals surface area contributed by atoms with Crippen LogP contribution in [-0.2, 0) is 6.54 Å². The van der Waals surface area contributed by atoms with E-state index in [9.17, 15) is 4.79 Å². The van der Waals surface area contributed by atoms with Crippen molar-refractivity contribution in [2.24, 2.45) is 0 Å². The van der Waals surface area contributed by atoms with Crippen LogP contribution in [0.2, 0.25) is 5.02 Å². The SMILES string of the molecule is O=C(NCc1cccc(Cl)c1)c1ccncn1. The van der Waals surface area contributed by atoms with Crippen molar-refractivity contribution in [2.45, 2.75) is 6.54 Å². The van der Waals surface area contributed by atoms with Crippen molar-refractivity contribution in [1.29, 1.82) is 0 Å². The molecule has 1 aromatic carbocycles. The van der Waals surface area contributed by atoms with Gasteiger partial charge in [0.15, 0.2) is 0 Å². The van der Waals surface area contributed by atoms with Gasteiger partial charge in [-0.3, -0.25) is 4.79 Å². The van der Waals surface area contributed by atoms with Gasteiger partial charge >= 0.3 is 0 Å². The topological polar surface area (TPSA) is 54.9 Å². The average molecular weight is 248 g/mol. The molecule has 2 aromatic rings. The molecule has 0 fully saturated rings. The van der Waals surface area contributed by atoms with Gasteiger partial charge in [0.1, 0.15) is 12.0 Å². The normalized spacial score (nSPS) is 9.94. The number of carbonyl (C=O) groups excluding carboxylic acids is 1. The molecule has 0 atom stereocenters. The Labute approximate surface area is 104 Å². The molecule has 0 saturated carbocycles. The summed E-state index contributed by atoms with van der Waals surface area (Å²) >= 11 is 5.84. The van der Waals surface area contributed by atoms with Gasteiger partial charge in [-0.2, -0.15) is 0 Å². The lowest BCUT2D eigenvalue weighted by Crippen LogP contribution is -2.23. The van der Waals surface area contributed by atoms with Crippen LogP contribution in [0.4, 0.5) is 0 Å². The number of aromatic nitrogens is 2. The number of carbonyl (C=O) groups is 1. The van der Waals surface area contributed by atoms with E-state index in [0.717, 1.165) is 5.56 Å². The van der Waals surface area contributed by atoms with Gasteiger partial charge in [-0.05, 0) is 23.8 Å². The number of amides is 1. The second-order valence-electron chi connectivity index (χ2n) is 3.41. The van der Waals surface area contributed by atoms with Crippen molar-refractivity contribution in [3.05, 3.63) is 59.1 Å². The number of halogens is 1. The molecule has 0 aliphatic heterocycles. The molecule has 0 aliphatic carbocycles. The molecule has 0 bridgehead atoms. The first-order valence-corrected chi connectivity index (χ1v) is 5.42. The van der Waals surface area contributed by atoms with Crippen molar-refractivity contribution in [3.63, 3.8) is 0 Å². The molecule has 5 heteroatoms. The fraction of sp³-hybridized carbons (Fsp3) is 0.0833. The third kappa shape index (κ3) is 3.26. The van der Waals surface area contributed by atoms with Crippen LogP contribution >= 0.6 is 11.6 Å². The van der Waals surface area contributed by atoms with Crippen molar-refractivity contribution in [1.82, 2.24) is 15.3 Å². The number of nitrogens with one attached hydrogen (secondary N) is 1. The summed E-state index contributed by atoms with van der Waals surface area (Å²) in [6.07, 6.45) is 2.87. The Balaban J connectivity index is 1.97. The van der Waals surface area contributed by atoms with E-state index in [1.54, 1.807) is 12.1 Å². The molecule has 1 amide bonds. The maximum Gasteiger partial charge on any atom is 0.270 e. The zero-order valence-corrected chi connectivity index (χ0v) is 9.69. The van der Waals surface area contributed by atoms with E-state index in [1.165, 1.54) is 12.5 Å². The highest BCUT2D eigenvalue weighted by molar-refractivity contribution is 6.30. The zero-order valence-electron chi connectivity index (χ0n) is 8.93. The first-order chi connectivity index (χ1) is 8.25. The van der Waals surface area contributed by atoms with Gasteiger partial charge < -0.3 is 5.32 Å². The van der Waals surface area contributed by atoms with E-state index in [4.69, 9.17) is 11.6 Å². The summed E-state index contributed by atoms with van der Waals surface area (Å²) in [6.45, 7) is 0.420. The minimum Gasteiger partial charge on any atom is -0.347 e. The lowest BCUT2D eigenvalue weighted by Gasteiger charge is -2.04. The molecule has 1 heterocycles. The highest BCUT2D eigenvalue weighted by atomic mass is 35.5. The monoisotopic (exact) mass is 247 g/mol. The molecular weight excluding hydrogens is 238 g/mol. The summed E-state index contributed by atoms with van der Waals surface area (Å²) in [5, 5.41) is 3.41. The van der Waals surface area contributed by atoms with Crippen LogP contribution in [-0.4, -0.2) is 15.9 Å². The number of rotatable bonds is 3.